The fourth-order valence-corrected chi connectivity index (χ4v) is 1.89. The third kappa shape index (κ3) is 2.38. The number of rotatable bonds is 1. The molecule has 1 aromatic rings. The molecule has 0 amide bonds. The molecule has 1 fully saturated rings. The van der Waals surface area contributed by atoms with Crippen molar-refractivity contribution in [1.29, 1.82) is 0 Å². The summed E-state index contributed by atoms with van der Waals surface area (Å²) in [5, 5.41) is 9.73. The molecule has 4 nitrogen and oxygen atoms in total. The molecule has 0 unspecified atom stereocenters. The van der Waals surface area contributed by atoms with Crippen molar-refractivity contribution >= 4 is 12.6 Å². The minimum Gasteiger partial charge on any atom is -0.507 e. The molecule has 1 aromatic heterocycles. The van der Waals surface area contributed by atoms with Crippen molar-refractivity contribution in [2.75, 3.05) is 0 Å². The van der Waals surface area contributed by atoms with Gasteiger partial charge in [-0.05, 0) is 27.7 Å². The topological polar surface area (TPSA) is 51.6 Å². The third-order valence-corrected chi connectivity index (χ3v) is 3.76. The van der Waals surface area contributed by atoms with Gasteiger partial charge >= 0.3 is 13.3 Å². The van der Waals surface area contributed by atoms with Gasteiger partial charge in [-0.25, -0.2) is 0 Å². The summed E-state index contributed by atoms with van der Waals surface area (Å²) in [7, 11) is -1.29. The Bertz CT molecular complexity index is 515. The predicted octanol–water partition coefficient (Wildman–Crippen LogP) is 2.11. The molecular weight excluding hydrogens is 274 g/mol. The fourth-order valence-electron chi connectivity index (χ4n) is 1.89. The SMILES string of the molecule is CC1(C)OB(c2c(O)cncc2C(F)(F)F)OC1(C)C. The normalized spacial score (nSPS) is 21.2. The summed E-state index contributed by atoms with van der Waals surface area (Å²) in [6.07, 6.45) is -3.06. The number of nitrogens with zero attached hydrogens (tertiary/aromatic N) is 1. The number of hydrogen-bond donors (Lipinski definition) is 1. The summed E-state index contributed by atoms with van der Waals surface area (Å²) in [4.78, 5) is 3.37. The Balaban J connectivity index is 2.50. The Morgan fingerprint density at radius 1 is 1.10 bits per heavy atom. The molecule has 1 aliphatic heterocycles. The smallest absolute Gasteiger partial charge is 0.499 e. The molecule has 1 aliphatic rings. The van der Waals surface area contributed by atoms with E-state index in [0.29, 0.717) is 6.20 Å². The second-order valence-corrected chi connectivity index (χ2v) is 5.71. The first-order chi connectivity index (χ1) is 8.96. The van der Waals surface area contributed by atoms with Gasteiger partial charge in [0.1, 0.15) is 5.75 Å². The molecule has 110 valence electrons. The monoisotopic (exact) mass is 289 g/mol. The van der Waals surface area contributed by atoms with Gasteiger partial charge in [-0.2, -0.15) is 13.2 Å². The Kier molecular flexibility index (Phi) is 3.30. The van der Waals surface area contributed by atoms with Crippen molar-refractivity contribution in [3.8, 4) is 5.75 Å². The molecule has 0 aliphatic carbocycles. The third-order valence-electron chi connectivity index (χ3n) is 3.76. The second-order valence-electron chi connectivity index (χ2n) is 5.71. The Morgan fingerprint density at radius 2 is 1.60 bits per heavy atom. The van der Waals surface area contributed by atoms with E-state index in [-0.39, 0.29) is 0 Å². The molecule has 8 heteroatoms. The average molecular weight is 289 g/mol. The number of pyridine rings is 1. The summed E-state index contributed by atoms with van der Waals surface area (Å²) in [6.45, 7) is 6.88. The maximum atomic E-state index is 13.0. The van der Waals surface area contributed by atoms with Crippen LogP contribution in [0.25, 0.3) is 0 Å². The van der Waals surface area contributed by atoms with Crippen LogP contribution in [0.5, 0.6) is 5.75 Å². The number of aromatic hydroxyl groups is 1. The minimum atomic E-state index is -4.65. The van der Waals surface area contributed by atoms with Crippen LogP contribution in [0.15, 0.2) is 12.4 Å². The van der Waals surface area contributed by atoms with E-state index in [2.05, 4.69) is 4.98 Å². The van der Waals surface area contributed by atoms with Crippen molar-refractivity contribution in [2.45, 2.75) is 45.1 Å². The van der Waals surface area contributed by atoms with Gasteiger partial charge in [0.05, 0.1) is 23.0 Å². The highest BCUT2D eigenvalue weighted by atomic mass is 19.4. The lowest BCUT2D eigenvalue weighted by molar-refractivity contribution is -0.137. The molecule has 0 aromatic carbocycles. The predicted molar refractivity (Wildman–Crippen MR) is 66.6 cm³/mol. The summed E-state index contributed by atoms with van der Waals surface area (Å²) in [6, 6.07) is 0. The highest BCUT2D eigenvalue weighted by Gasteiger charge is 2.54. The zero-order valence-electron chi connectivity index (χ0n) is 11.6. The number of aromatic nitrogens is 1. The van der Waals surface area contributed by atoms with E-state index in [1.54, 1.807) is 27.7 Å². The van der Waals surface area contributed by atoms with Crippen LogP contribution in [0.2, 0.25) is 0 Å². The Hall–Kier alpha value is -1.28. The summed E-state index contributed by atoms with van der Waals surface area (Å²) in [5.74, 6) is -0.599. The van der Waals surface area contributed by atoms with Crippen molar-refractivity contribution in [3.05, 3.63) is 18.0 Å². The summed E-state index contributed by atoms with van der Waals surface area (Å²) < 4.78 is 50.1. The minimum absolute atomic E-state index is 0.439. The zero-order chi connectivity index (χ0) is 15.3. The van der Waals surface area contributed by atoms with Crippen LogP contribution in [0.1, 0.15) is 33.3 Å². The van der Waals surface area contributed by atoms with E-state index >= 15 is 0 Å². The molecule has 0 saturated carbocycles. The van der Waals surface area contributed by atoms with Crippen LogP contribution < -0.4 is 5.46 Å². The number of halogens is 3. The van der Waals surface area contributed by atoms with Crippen molar-refractivity contribution < 1.29 is 27.6 Å². The highest BCUT2D eigenvalue weighted by Crippen LogP contribution is 2.38. The van der Waals surface area contributed by atoms with Crippen LogP contribution in [-0.4, -0.2) is 28.4 Å². The molecule has 2 rings (SSSR count). The van der Waals surface area contributed by atoms with E-state index in [4.69, 9.17) is 9.31 Å². The van der Waals surface area contributed by atoms with Crippen LogP contribution in [0, 0.1) is 0 Å². The fraction of sp³-hybridized carbons (Fsp3) is 0.583. The lowest BCUT2D eigenvalue weighted by Gasteiger charge is -2.32. The van der Waals surface area contributed by atoms with Gasteiger partial charge in [0, 0.05) is 11.7 Å². The standard InChI is InChI=1S/C12H15BF3NO3/c1-10(2)11(3,4)20-13(19-10)9-7(12(14,15)16)5-17-6-8(9)18/h5-6,18H,1-4H3. The Morgan fingerprint density at radius 3 is 2.05 bits per heavy atom. The van der Waals surface area contributed by atoms with E-state index in [1.165, 1.54) is 0 Å². The lowest BCUT2D eigenvalue weighted by Crippen LogP contribution is -2.41. The van der Waals surface area contributed by atoms with E-state index < -0.39 is 41.3 Å². The van der Waals surface area contributed by atoms with Gasteiger partial charge in [-0.15, -0.1) is 0 Å². The molecule has 0 spiro atoms. The molecule has 1 saturated heterocycles. The maximum Gasteiger partial charge on any atom is 0.499 e. The largest absolute Gasteiger partial charge is 0.507 e. The number of hydrogen-bond acceptors (Lipinski definition) is 4. The van der Waals surface area contributed by atoms with Crippen molar-refractivity contribution in [3.63, 3.8) is 0 Å². The second kappa shape index (κ2) is 4.36. The molecule has 1 N–H and O–H groups in total. The molecular formula is C12H15BF3NO3. The first-order valence-corrected chi connectivity index (χ1v) is 6.05. The van der Waals surface area contributed by atoms with E-state index in [1.807, 2.05) is 0 Å². The molecule has 2 heterocycles. The van der Waals surface area contributed by atoms with Gasteiger partial charge in [-0.3, -0.25) is 4.98 Å². The molecule has 0 radical (unpaired) electrons. The average Bonchev–Trinajstić information content (AvgIpc) is 2.46. The first kappa shape index (κ1) is 15.1. The van der Waals surface area contributed by atoms with Gasteiger partial charge in [0.25, 0.3) is 0 Å². The van der Waals surface area contributed by atoms with Crippen LogP contribution in [0.4, 0.5) is 13.2 Å². The lowest BCUT2D eigenvalue weighted by atomic mass is 9.76. The summed E-state index contributed by atoms with van der Waals surface area (Å²) in [5.41, 5.74) is -3.09. The van der Waals surface area contributed by atoms with E-state index in [0.717, 1.165) is 6.20 Å². The maximum absolute atomic E-state index is 13.0. The Labute approximate surface area is 115 Å². The number of alkyl halides is 3. The highest BCUT2D eigenvalue weighted by molar-refractivity contribution is 6.63. The molecule has 20 heavy (non-hydrogen) atoms. The van der Waals surface area contributed by atoms with Crippen LogP contribution in [0.3, 0.4) is 0 Å². The van der Waals surface area contributed by atoms with Crippen LogP contribution >= 0.6 is 0 Å². The van der Waals surface area contributed by atoms with Crippen molar-refractivity contribution in [2.24, 2.45) is 0 Å². The first-order valence-electron chi connectivity index (χ1n) is 6.05. The molecule has 0 atom stereocenters. The van der Waals surface area contributed by atoms with Crippen molar-refractivity contribution in [1.82, 2.24) is 4.98 Å². The van der Waals surface area contributed by atoms with Crippen LogP contribution in [-0.2, 0) is 15.5 Å². The zero-order valence-corrected chi connectivity index (χ0v) is 11.6. The van der Waals surface area contributed by atoms with Gasteiger partial charge in [0.15, 0.2) is 0 Å². The molecule has 0 bridgehead atoms. The van der Waals surface area contributed by atoms with E-state index in [9.17, 15) is 18.3 Å². The quantitative estimate of drug-likeness (QED) is 0.804. The van der Waals surface area contributed by atoms with Gasteiger partial charge < -0.3 is 14.4 Å². The van der Waals surface area contributed by atoms with Gasteiger partial charge in [0.2, 0.25) is 0 Å². The van der Waals surface area contributed by atoms with Gasteiger partial charge in [-0.1, -0.05) is 0 Å². The summed E-state index contributed by atoms with van der Waals surface area (Å²) >= 11 is 0.